The lowest BCUT2D eigenvalue weighted by Crippen LogP contribution is -2.29. The number of ether oxygens (including phenoxy) is 1. The zero-order chi connectivity index (χ0) is 12.1. The van der Waals surface area contributed by atoms with Gasteiger partial charge in [-0.1, -0.05) is 19.1 Å². The maximum absolute atomic E-state index is 11.4. The highest BCUT2D eigenvalue weighted by Gasteiger charge is 2.19. The number of benzene rings is 1. The van der Waals surface area contributed by atoms with Gasteiger partial charge in [0.2, 0.25) is 5.91 Å². The van der Waals surface area contributed by atoms with Gasteiger partial charge in [-0.05, 0) is 30.5 Å². The molecule has 0 atom stereocenters. The first kappa shape index (κ1) is 12.0. The van der Waals surface area contributed by atoms with Crippen LogP contribution in [0, 0.1) is 0 Å². The van der Waals surface area contributed by atoms with Gasteiger partial charge in [-0.15, -0.1) is 0 Å². The Morgan fingerprint density at radius 1 is 1.41 bits per heavy atom. The molecule has 17 heavy (non-hydrogen) atoms. The maximum atomic E-state index is 11.4. The number of carbonyl (C=O) groups excluding carboxylic acids is 1. The molecule has 1 aliphatic heterocycles. The van der Waals surface area contributed by atoms with Crippen molar-refractivity contribution in [2.75, 3.05) is 19.7 Å². The summed E-state index contributed by atoms with van der Waals surface area (Å²) in [4.78, 5) is 13.3. The van der Waals surface area contributed by atoms with Gasteiger partial charge >= 0.3 is 0 Å². The van der Waals surface area contributed by atoms with Gasteiger partial charge < -0.3 is 9.64 Å². The van der Waals surface area contributed by atoms with E-state index >= 15 is 0 Å². The Morgan fingerprint density at radius 2 is 2.29 bits per heavy atom. The molecule has 0 radical (unpaired) electrons. The van der Waals surface area contributed by atoms with E-state index in [0.717, 1.165) is 25.1 Å². The molecule has 0 aromatic heterocycles. The Kier molecular flexibility index (Phi) is 4.02. The van der Waals surface area contributed by atoms with Crippen LogP contribution < -0.4 is 4.74 Å². The van der Waals surface area contributed by atoms with Gasteiger partial charge in [0.1, 0.15) is 12.4 Å². The number of rotatable bonds is 5. The zero-order valence-corrected chi connectivity index (χ0v) is 10.3. The van der Waals surface area contributed by atoms with Crippen LogP contribution in [-0.4, -0.2) is 30.5 Å². The zero-order valence-electron chi connectivity index (χ0n) is 10.3. The van der Waals surface area contributed by atoms with Crippen molar-refractivity contribution in [3.63, 3.8) is 0 Å². The molecule has 92 valence electrons. The van der Waals surface area contributed by atoms with Crippen LogP contribution in [0.3, 0.4) is 0 Å². The van der Waals surface area contributed by atoms with E-state index in [1.807, 2.05) is 17.0 Å². The van der Waals surface area contributed by atoms with Crippen LogP contribution in [0.15, 0.2) is 24.3 Å². The number of carbonyl (C=O) groups is 1. The van der Waals surface area contributed by atoms with E-state index in [-0.39, 0.29) is 5.91 Å². The fourth-order valence-electron chi connectivity index (χ4n) is 2.07. The van der Waals surface area contributed by atoms with Gasteiger partial charge in [-0.25, -0.2) is 0 Å². The topological polar surface area (TPSA) is 29.5 Å². The average Bonchev–Trinajstić information content (AvgIpc) is 2.76. The van der Waals surface area contributed by atoms with Gasteiger partial charge in [-0.3, -0.25) is 4.79 Å². The summed E-state index contributed by atoms with van der Waals surface area (Å²) in [6.45, 7) is 4.30. The lowest BCUT2D eigenvalue weighted by atomic mass is 10.2. The summed E-state index contributed by atoms with van der Waals surface area (Å²) in [6.07, 6.45) is 2.71. The molecular formula is C14H19NO2. The van der Waals surface area contributed by atoms with Crippen molar-refractivity contribution in [3.8, 4) is 5.75 Å². The Labute approximate surface area is 102 Å². The van der Waals surface area contributed by atoms with E-state index in [4.69, 9.17) is 4.74 Å². The molecule has 1 aromatic rings. The second-order valence-corrected chi connectivity index (χ2v) is 4.33. The molecule has 0 saturated carbocycles. The van der Waals surface area contributed by atoms with Crippen LogP contribution in [0.5, 0.6) is 5.75 Å². The molecule has 1 saturated heterocycles. The largest absolute Gasteiger partial charge is 0.492 e. The predicted octanol–water partition coefficient (Wildman–Crippen LogP) is 2.25. The van der Waals surface area contributed by atoms with Gasteiger partial charge in [0.25, 0.3) is 0 Å². The molecule has 2 rings (SSSR count). The number of nitrogens with zero attached hydrogens (tertiary/aromatic N) is 1. The van der Waals surface area contributed by atoms with Crippen molar-refractivity contribution < 1.29 is 9.53 Å². The van der Waals surface area contributed by atoms with Crippen LogP contribution >= 0.6 is 0 Å². The van der Waals surface area contributed by atoms with Crippen molar-refractivity contribution >= 4 is 5.91 Å². The Hall–Kier alpha value is -1.51. The molecule has 1 amide bonds. The normalized spacial score (nSPS) is 15.4. The van der Waals surface area contributed by atoms with Crippen molar-refractivity contribution in [1.82, 2.24) is 4.90 Å². The number of hydrogen-bond donors (Lipinski definition) is 0. The summed E-state index contributed by atoms with van der Waals surface area (Å²) in [5.41, 5.74) is 1.28. The van der Waals surface area contributed by atoms with Gasteiger partial charge in [0, 0.05) is 13.0 Å². The van der Waals surface area contributed by atoms with Crippen molar-refractivity contribution in [1.29, 1.82) is 0 Å². The molecule has 1 fully saturated rings. The summed E-state index contributed by atoms with van der Waals surface area (Å²) < 4.78 is 5.66. The molecule has 0 spiro atoms. The smallest absolute Gasteiger partial charge is 0.222 e. The highest BCUT2D eigenvalue weighted by atomic mass is 16.5. The van der Waals surface area contributed by atoms with E-state index in [2.05, 4.69) is 19.1 Å². The fraction of sp³-hybridized carbons (Fsp3) is 0.500. The number of hydrogen-bond acceptors (Lipinski definition) is 2. The van der Waals surface area contributed by atoms with Crippen LogP contribution in [0.25, 0.3) is 0 Å². The summed E-state index contributed by atoms with van der Waals surface area (Å²) in [7, 11) is 0. The molecule has 0 unspecified atom stereocenters. The van der Waals surface area contributed by atoms with E-state index in [1.54, 1.807) is 0 Å². The summed E-state index contributed by atoms with van der Waals surface area (Å²) in [6, 6.07) is 8.13. The molecule has 3 nitrogen and oxygen atoms in total. The summed E-state index contributed by atoms with van der Waals surface area (Å²) in [5.74, 6) is 1.16. The Balaban J connectivity index is 1.79. The molecule has 0 bridgehead atoms. The van der Waals surface area contributed by atoms with Gasteiger partial charge in [-0.2, -0.15) is 0 Å². The van der Waals surface area contributed by atoms with Crippen molar-refractivity contribution in [2.45, 2.75) is 26.2 Å². The van der Waals surface area contributed by atoms with Gasteiger partial charge in [0.15, 0.2) is 0 Å². The highest BCUT2D eigenvalue weighted by Crippen LogP contribution is 2.14. The number of aryl methyl sites for hydroxylation is 1. The third-order valence-corrected chi connectivity index (χ3v) is 3.11. The molecule has 0 aliphatic carbocycles. The van der Waals surface area contributed by atoms with Crippen molar-refractivity contribution in [3.05, 3.63) is 29.8 Å². The van der Waals surface area contributed by atoms with Crippen LogP contribution in [0.4, 0.5) is 0 Å². The molecule has 1 heterocycles. The molecule has 0 N–H and O–H groups in total. The molecule has 1 aliphatic rings. The third-order valence-electron chi connectivity index (χ3n) is 3.11. The average molecular weight is 233 g/mol. The summed E-state index contributed by atoms with van der Waals surface area (Å²) >= 11 is 0. The lowest BCUT2D eigenvalue weighted by Gasteiger charge is -2.15. The highest BCUT2D eigenvalue weighted by molar-refractivity contribution is 5.78. The minimum absolute atomic E-state index is 0.260. The number of amides is 1. The van der Waals surface area contributed by atoms with Crippen LogP contribution in [0.1, 0.15) is 25.3 Å². The molecule has 3 heteroatoms. The van der Waals surface area contributed by atoms with E-state index in [9.17, 15) is 4.79 Å². The van der Waals surface area contributed by atoms with E-state index in [0.29, 0.717) is 19.6 Å². The summed E-state index contributed by atoms with van der Waals surface area (Å²) in [5, 5.41) is 0. The van der Waals surface area contributed by atoms with Crippen molar-refractivity contribution in [2.24, 2.45) is 0 Å². The fourth-order valence-corrected chi connectivity index (χ4v) is 2.07. The first-order chi connectivity index (χ1) is 8.29. The van der Waals surface area contributed by atoms with Crippen LogP contribution in [0.2, 0.25) is 0 Å². The SMILES string of the molecule is CCc1cccc(OCCN2CCCC2=O)c1. The van der Waals surface area contributed by atoms with Gasteiger partial charge in [0.05, 0.1) is 6.54 Å². The van der Waals surface area contributed by atoms with Crippen LogP contribution in [-0.2, 0) is 11.2 Å². The monoisotopic (exact) mass is 233 g/mol. The maximum Gasteiger partial charge on any atom is 0.222 e. The van der Waals surface area contributed by atoms with E-state index in [1.165, 1.54) is 5.56 Å². The minimum Gasteiger partial charge on any atom is -0.492 e. The molecular weight excluding hydrogens is 214 g/mol. The Bertz CT molecular complexity index is 390. The second-order valence-electron chi connectivity index (χ2n) is 4.33. The minimum atomic E-state index is 0.260. The first-order valence-electron chi connectivity index (χ1n) is 6.29. The van der Waals surface area contributed by atoms with E-state index < -0.39 is 0 Å². The first-order valence-corrected chi connectivity index (χ1v) is 6.29. The molecule has 1 aromatic carbocycles. The third kappa shape index (κ3) is 3.22. The predicted molar refractivity (Wildman–Crippen MR) is 67.1 cm³/mol. The standard InChI is InChI=1S/C14H19NO2/c1-2-12-5-3-6-13(11-12)17-10-9-15-8-4-7-14(15)16/h3,5-6,11H,2,4,7-10H2,1H3. The Morgan fingerprint density at radius 3 is 3.00 bits per heavy atom. The second kappa shape index (κ2) is 5.71. The quantitative estimate of drug-likeness (QED) is 0.780. The lowest BCUT2D eigenvalue weighted by molar-refractivity contribution is -0.128. The number of likely N-dealkylation sites (tertiary alicyclic amines) is 1.